The summed E-state index contributed by atoms with van der Waals surface area (Å²) < 4.78 is 5.84. The molecule has 1 aromatic carbocycles. The first-order chi connectivity index (χ1) is 10.5. The van der Waals surface area contributed by atoms with E-state index in [4.69, 9.17) is 4.74 Å². The van der Waals surface area contributed by atoms with Crippen LogP contribution in [0, 0.1) is 19.8 Å². The third-order valence-corrected chi connectivity index (χ3v) is 4.25. The molecule has 0 atom stereocenters. The lowest BCUT2D eigenvalue weighted by atomic mass is 10.1. The van der Waals surface area contributed by atoms with Crippen LogP contribution in [0.1, 0.15) is 40.2 Å². The second kappa shape index (κ2) is 7.45. The second-order valence-electron chi connectivity index (χ2n) is 5.98. The van der Waals surface area contributed by atoms with Gasteiger partial charge in [-0.3, -0.25) is 4.79 Å². The van der Waals surface area contributed by atoms with Gasteiger partial charge in [-0.05, 0) is 42.8 Å². The maximum Gasteiger partial charge on any atom is 0.261 e. The number of aryl methyl sites for hydroxylation is 2. The van der Waals surface area contributed by atoms with Crippen molar-refractivity contribution in [1.82, 2.24) is 5.32 Å². The molecule has 0 aliphatic rings. The van der Waals surface area contributed by atoms with Crippen LogP contribution >= 0.6 is 11.3 Å². The van der Waals surface area contributed by atoms with E-state index in [1.54, 1.807) is 0 Å². The average Bonchev–Trinajstić information content (AvgIpc) is 2.92. The van der Waals surface area contributed by atoms with Crippen molar-refractivity contribution in [1.29, 1.82) is 0 Å². The predicted molar refractivity (Wildman–Crippen MR) is 91.7 cm³/mol. The largest absolute Gasteiger partial charge is 0.489 e. The van der Waals surface area contributed by atoms with Crippen molar-refractivity contribution in [2.45, 2.75) is 34.3 Å². The first kappa shape index (κ1) is 16.6. The van der Waals surface area contributed by atoms with E-state index in [-0.39, 0.29) is 5.91 Å². The molecule has 0 saturated carbocycles. The molecule has 2 aromatic rings. The van der Waals surface area contributed by atoms with Crippen LogP contribution in [0.15, 0.2) is 29.6 Å². The normalized spacial score (nSPS) is 10.8. The molecular formula is C18H23NO2S. The fourth-order valence-electron chi connectivity index (χ4n) is 2.08. The van der Waals surface area contributed by atoms with Crippen LogP contribution in [0.2, 0.25) is 0 Å². The molecule has 3 nitrogen and oxygen atoms in total. The minimum atomic E-state index is -0.00327. The van der Waals surface area contributed by atoms with E-state index >= 15 is 0 Å². The summed E-state index contributed by atoms with van der Waals surface area (Å²) in [6.45, 7) is 9.46. The monoisotopic (exact) mass is 317 g/mol. The summed E-state index contributed by atoms with van der Waals surface area (Å²) in [6, 6.07) is 8.05. The van der Waals surface area contributed by atoms with Crippen molar-refractivity contribution >= 4 is 17.2 Å². The Morgan fingerprint density at radius 1 is 1.27 bits per heavy atom. The molecule has 0 unspecified atom stereocenters. The van der Waals surface area contributed by atoms with E-state index in [1.165, 1.54) is 16.9 Å². The fourth-order valence-corrected chi connectivity index (χ4v) is 2.89. The highest BCUT2D eigenvalue weighted by molar-refractivity contribution is 7.12. The van der Waals surface area contributed by atoms with Gasteiger partial charge in [-0.2, -0.15) is 0 Å². The van der Waals surface area contributed by atoms with Gasteiger partial charge in [-0.1, -0.05) is 31.5 Å². The SMILES string of the molecule is Cc1ccc(OCc2csc(C(=O)NCC(C)C)c2)c(C)c1. The molecule has 1 amide bonds. The summed E-state index contributed by atoms with van der Waals surface area (Å²) in [5.41, 5.74) is 3.38. The number of benzene rings is 1. The van der Waals surface area contributed by atoms with Crippen LogP contribution in [0.4, 0.5) is 0 Å². The quantitative estimate of drug-likeness (QED) is 0.861. The standard InChI is InChI=1S/C18H23NO2S/c1-12(2)9-19-18(20)17-8-15(11-22-17)10-21-16-6-5-13(3)7-14(16)4/h5-8,11-12H,9-10H2,1-4H3,(H,19,20). The van der Waals surface area contributed by atoms with Crippen molar-refractivity contribution in [3.8, 4) is 5.75 Å². The summed E-state index contributed by atoms with van der Waals surface area (Å²) in [5, 5.41) is 4.91. The minimum Gasteiger partial charge on any atom is -0.489 e. The van der Waals surface area contributed by atoms with Crippen LogP contribution < -0.4 is 10.1 Å². The van der Waals surface area contributed by atoms with Crippen LogP contribution in [0.25, 0.3) is 0 Å². The topological polar surface area (TPSA) is 38.3 Å². The highest BCUT2D eigenvalue weighted by Crippen LogP contribution is 2.21. The van der Waals surface area contributed by atoms with Gasteiger partial charge in [0.2, 0.25) is 0 Å². The zero-order valence-electron chi connectivity index (χ0n) is 13.6. The highest BCUT2D eigenvalue weighted by Gasteiger charge is 2.10. The number of carbonyl (C=O) groups is 1. The van der Waals surface area contributed by atoms with Crippen molar-refractivity contribution in [3.63, 3.8) is 0 Å². The van der Waals surface area contributed by atoms with Gasteiger partial charge < -0.3 is 10.1 Å². The van der Waals surface area contributed by atoms with Crippen LogP contribution in [-0.2, 0) is 6.61 Å². The molecule has 2 rings (SSSR count). The van der Waals surface area contributed by atoms with Gasteiger partial charge in [0.05, 0.1) is 4.88 Å². The third kappa shape index (κ3) is 4.60. The Bertz CT molecular complexity index is 646. The van der Waals surface area contributed by atoms with E-state index in [0.29, 0.717) is 19.1 Å². The van der Waals surface area contributed by atoms with Crippen molar-refractivity contribution < 1.29 is 9.53 Å². The molecule has 0 radical (unpaired) electrons. The lowest BCUT2D eigenvalue weighted by Gasteiger charge is -2.08. The number of ether oxygens (including phenoxy) is 1. The number of rotatable bonds is 6. The Balaban J connectivity index is 1.93. The molecular weight excluding hydrogens is 294 g/mol. The van der Waals surface area contributed by atoms with Crippen molar-refractivity contribution in [3.05, 3.63) is 51.2 Å². The van der Waals surface area contributed by atoms with Gasteiger partial charge in [0, 0.05) is 12.1 Å². The van der Waals surface area contributed by atoms with Crippen molar-refractivity contribution in [2.75, 3.05) is 6.54 Å². The molecule has 1 N–H and O–H groups in total. The molecule has 0 spiro atoms. The van der Waals surface area contributed by atoms with Gasteiger partial charge in [0.25, 0.3) is 5.91 Å². The molecule has 0 bridgehead atoms. The predicted octanol–water partition coefficient (Wildman–Crippen LogP) is 4.33. The Morgan fingerprint density at radius 3 is 2.73 bits per heavy atom. The smallest absolute Gasteiger partial charge is 0.261 e. The van der Waals surface area contributed by atoms with Crippen LogP contribution in [0.5, 0.6) is 5.75 Å². The fraction of sp³-hybridized carbons (Fsp3) is 0.389. The van der Waals surface area contributed by atoms with Gasteiger partial charge >= 0.3 is 0 Å². The number of hydrogen-bond donors (Lipinski definition) is 1. The lowest BCUT2D eigenvalue weighted by molar-refractivity contribution is 0.0953. The molecule has 118 valence electrons. The van der Waals surface area contributed by atoms with Gasteiger partial charge in [-0.25, -0.2) is 0 Å². The Morgan fingerprint density at radius 2 is 2.05 bits per heavy atom. The van der Waals surface area contributed by atoms with E-state index in [0.717, 1.165) is 21.8 Å². The number of carbonyl (C=O) groups excluding carboxylic acids is 1. The average molecular weight is 317 g/mol. The lowest BCUT2D eigenvalue weighted by Crippen LogP contribution is -2.26. The molecule has 0 aliphatic heterocycles. The summed E-state index contributed by atoms with van der Waals surface area (Å²) in [4.78, 5) is 12.7. The maximum absolute atomic E-state index is 12.0. The van der Waals surface area contributed by atoms with Gasteiger partial charge in [-0.15, -0.1) is 11.3 Å². The number of thiophene rings is 1. The van der Waals surface area contributed by atoms with Gasteiger partial charge in [0.1, 0.15) is 12.4 Å². The molecule has 0 saturated heterocycles. The first-order valence-corrected chi connectivity index (χ1v) is 8.39. The molecule has 1 heterocycles. The molecule has 4 heteroatoms. The van der Waals surface area contributed by atoms with E-state index in [9.17, 15) is 4.79 Å². The molecule has 1 aromatic heterocycles. The Kier molecular flexibility index (Phi) is 5.61. The molecule has 0 aliphatic carbocycles. The highest BCUT2D eigenvalue weighted by atomic mass is 32.1. The zero-order valence-corrected chi connectivity index (χ0v) is 14.4. The van der Waals surface area contributed by atoms with Crippen LogP contribution in [-0.4, -0.2) is 12.5 Å². The molecule has 22 heavy (non-hydrogen) atoms. The summed E-state index contributed by atoms with van der Waals surface area (Å²) in [6.07, 6.45) is 0. The maximum atomic E-state index is 12.0. The van der Waals surface area contributed by atoms with E-state index in [2.05, 4.69) is 32.2 Å². The van der Waals surface area contributed by atoms with E-state index in [1.807, 2.05) is 30.5 Å². The Hall–Kier alpha value is -1.81. The van der Waals surface area contributed by atoms with Crippen molar-refractivity contribution in [2.24, 2.45) is 5.92 Å². The second-order valence-corrected chi connectivity index (χ2v) is 6.89. The first-order valence-electron chi connectivity index (χ1n) is 7.51. The minimum absolute atomic E-state index is 0.00327. The van der Waals surface area contributed by atoms with E-state index < -0.39 is 0 Å². The zero-order chi connectivity index (χ0) is 16.1. The number of nitrogens with one attached hydrogen (secondary N) is 1. The van der Waals surface area contributed by atoms with Gasteiger partial charge in [0.15, 0.2) is 0 Å². The number of hydrogen-bond acceptors (Lipinski definition) is 3. The molecule has 0 fully saturated rings. The third-order valence-electron chi connectivity index (χ3n) is 3.27. The number of amides is 1. The summed E-state index contributed by atoms with van der Waals surface area (Å²) >= 11 is 1.46. The summed E-state index contributed by atoms with van der Waals surface area (Å²) in [5.74, 6) is 1.34. The van der Waals surface area contributed by atoms with Crippen LogP contribution in [0.3, 0.4) is 0 Å². The summed E-state index contributed by atoms with van der Waals surface area (Å²) in [7, 11) is 0. The Labute approximate surface area is 136 Å².